The molecule has 1 atom stereocenters. The number of rotatable bonds is 9. The zero-order chi connectivity index (χ0) is 25.5. The Kier molecular flexibility index (Phi) is 8.17. The van der Waals surface area contributed by atoms with E-state index in [1.807, 2.05) is 104 Å². The zero-order valence-corrected chi connectivity index (χ0v) is 21.4. The number of thioether (sulfide) groups is 1. The quantitative estimate of drug-likeness (QED) is 0.315. The molecule has 0 saturated heterocycles. The minimum Gasteiger partial charge on any atom is -0.349 e. The highest BCUT2D eigenvalue weighted by Gasteiger charge is 2.19. The fourth-order valence-corrected chi connectivity index (χ4v) is 4.66. The van der Waals surface area contributed by atoms with Crippen molar-refractivity contribution in [1.29, 1.82) is 0 Å². The number of nitrogens with one attached hydrogen (secondary N) is 2. The molecule has 8 heteroatoms. The zero-order valence-electron chi connectivity index (χ0n) is 20.6. The van der Waals surface area contributed by atoms with E-state index in [4.69, 9.17) is 0 Å². The minimum absolute atomic E-state index is 0.0486. The van der Waals surface area contributed by atoms with Gasteiger partial charge in [0.05, 0.1) is 18.2 Å². The van der Waals surface area contributed by atoms with Gasteiger partial charge in [0.25, 0.3) is 0 Å². The van der Waals surface area contributed by atoms with Crippen molar-refractivity contribution in [1.82, 2.24) is 20.1 Å². The third kappa shape index (κ3) is 6.40. The Labute approximate surface area is 215 Å². The highest BCUT2D eigenvalue weighted by Crippen LogP contribution is 2.23. The van der Waals surface area contributed by atoms with Gasteiger partial charge in [0, 0.05) is 11.4 Å². The molecular weight excluding hydrogens is 470 g/mol. The molecule has 4 rings (SSSR count). The first-order chi connectivity index (χ1) is 17.4. The van der Waals surface area contributed by atoms with Gasteiger partial charge in [-0.2, -0.15) is 0 Å². The van der Waals surface area contributed by atoms with Crippen molar-refractivity contribution in [3.63, 3.8) is 0 Å². The summed E-state index contributed by atoms with van der Waals surface area (Å²) in [5.41, 5.74) is 4.78. The van der Waals surface area contributed by atoms with E-state index >= 15 is 0 Å². The summed E-state index contributed by atoms with van der Waals surface area (Å²) in [6, 6.07) is 25.2. The second-order valence-corrected chi connectivity index (χ2v) is 9.54. The van der Waals surface area contributed by atoms with Gasteiger partial charge >= 0.3 is 0 Å². The predicted molar refractivity (Wildman–Crippen MR) is 143 cm³/mol. The third-order valence-corrected chi connectivity index (χ3v) is 6.63. The normalized spacial score (nSPS) is 11.6. The van der Waals surface area contributed by atoms with Gasteiger partial charge in [-0.1, -0.05) is 78.0 Å². The standard InChI is InChI=1S/C28H29N5O2S/c1-19-14-15-24(20(2)16-19)30-26(34)17-25-31-32-28(33(25)23-12-8-5-9-13-23)36-18-27(35)29-21(3)22-10-6-4-7-11-22/h4-16,21H,17-18H2,1-3H3,(H,29,35)(H,30,34)/t21-/m0/s1. The maximum Gasteiger partial charge on any atom is 0.232 e. The largest absolute Gasteiger partial charge is 0.349 e. The van der Waals surface area contributed by atoms with Crippen LogP contribution < -0.4 is 10.6 Å². The van der Waals surface area contributed by atoms with Crippen LogP contribution in [0, 0.1) is 13.8 Å². The molecule has 0 bridgehead atoms. The molecule has 0 unspecified atom stereocenters. The molecule has 3 aromatic carbocycles. The number of anilines is 1. The van der Waals surface area contributed by atoms with Crippen LogP contribution in [-0.4, -0.2) is 32.3 Å². The van der Waals surface area contributed by atoms with Gasteiger partial charge in [0.2, 0.25) is 11.8 Å². The average molecular weight is 500 g/mol. The number of carbonyl (C=O) groups excluding carboxylic acids is 2. The predicted octanol–water partition coefficient (Wildman–Crippen LogP) is 5.03. The molecule has 1 heterocycles. The molecule has 36 heavy (non-hydrogen) atoms. The summed E-state index contributed by atoms with van der Waals surface area (Å²) >= 11 is 1.29. The lowest BCUT2D eigenvalue weighted by Crippen LogP contribution is -2.28. The molecule has 2 amide bonds. The van der Waals surface area contributed by atoms with Crippen LogP contribution in [-0.2, 0) is 16.0 Å². The molecule has 0 radical (unpaired) electrons. The number of hydrogen-bond acceptors (Lipinski definition) is 5. The highest BCUT2D eigenvalue weighted by molar-refractivity contribution is 7.99. The average Bonchev–Trinajstić information content (AvgIpc) is 3.27. The summed E-state index contributed by atoms with van der Waals surface area (Å²) in [6.07, 6.45) is 0.0486. The Bertz CT molecular complexity index is 1340. The van der Waals surface area contributed by atoms with Crippen molar-refractivity contribution >= 4 is 29.3 Å². The molecule has 0 aliphatic heterocycles. The Morgan fingerprint density at radius 3 is 2.31 bits per heavy atom. The smallest absolute Gasteiger partial charge is 0.232 e. The molecule has 0 spiro atoms. The van der Waals surface area contributed by atoms with E-state index in [9.17, 15) is 9.59 Å². The number of aryl methyl sites for hydroxylation is 2. The summed E-state index contributed by atoms with van der Waals surface area (Å²) < 4.78 is 1.83. The molecule has 4 aromatic rings. The van der Waals surface area contributed by atoms with Crippen LogP contribution in [0.25, 0.3) is 5.69 Å². The maximum absolute atomic E-state index is 12.9. The van der Waals surface area contributed by atoms with Gasteiger partial charge in [-0.15, -0.1) is 10.2 Å². The molecule has 2 N–H and O–H groups in total. The number of amides is 2. The van der Waals surface area contributed by atoms with Gasteiger partial charge < -0.3 is 10.6 Å². The first kappa shape index (κ1) is 25.2. The van der Waals surface area contributed by atoms with E-state index < -0.39 is 0 Å². The summed E-state index contributed by atoms with van der Waals surface area (Å²) in [5.74, 6) is 0.395. The van der Waals surface area contributed by atoms with Gasteiger partial charge in [-0.05, 0) is 50.1 Å². The maximum atomic E-state index is 12.9. The lowest BCUT2D eigenvalue weighted by atomic mass is 10.1. The van der Waals surface area contributed by atoms with Gasteiger partial charge in [0.15, 0.2) is 5.16 Å². The number of carbonyl (C=O) groups is 2. The first-order valence-corrected chi connectivity index (χ1v) is 12.7. The van der Waals surface area contributed by atoms with Crippen molar-refractivity contribution in [2.24, 2.45) is 0 Å². The van der Waals surface area contributed by atoms with Crippen molar-refractivity contribution in [2.45, 2.75) is 38.4 Å². The molecule has 0 fully saturated rings. The Hall–Kier alpha value is -3.91. The van der Waals surface area contributed by atoms with Crippen LogP contribution in [0.1, 0.15) is 35.5 Å². The van der Waals surface area contributed by atoms with E-state index in [1.165, 1.54) is 11.8 Å². The monoisotopic (exact) mass is 499 g/mol. The first-order valence-electron chi connectivity index (χ1n) is 11.7. The Morgan fingerprint density at radius 1 is 0.917 bits per heavy atom. The van der Waals surface area contributed by atoms with E-state index in [2.05, 4.69) is 20.8 Å². The van der Waals surface area contributed by atoms with Crippen molar-refractivity contribution in [3.05, 3.63) is 101 Å². The topological polar surface area (TPSA) is 88.9 Å². The van der Waals surface area contributed by atoms with E-state index in [0.717, 1.165) is 28.1 Å². The van der Waals surface area contributed by atoms with E-state index in [1.54, 1.807) is 0 Å². The fourth-order valence-electron chi connectivity index (χ4n) is 3.87. The summed E-state index contributed by atoms with van der Waals surface area (Å²) in [7, 11) is 0. The molecule has 0 aliphatic carbocycles. The molecule has 184 valence electrons. The van der Waals surface area contributed by atoms with Crippen LogP contribution in [0.3, 0.4) is 0 Å². The molecule has 1 aromatic heterocycles. The van der Waals surface area contributed by atoms with Gasteiger partial charge in [0.1, 0.15) is 5.82 Å². The number of aromatic nitrogens is 3. The van der Waals surface area contributed by atoms with Gasteiger partial charge in [-0.3, -0.25) is 14.2 Å². The lowest BCUT2D eigenvalue weighted by molar-refractivity contribution is -0.119. The highest BCUT2D eigenvalue weighted by atomic mass is 32.2. The van der Waals surface area contributed by atoms with Crippen LogP contribution in [0.5, 0.6) is 0 Å². The number of nitrogens with zero attached hydrogens (tertiary/aromatic N) is 3. The molecule has 0 aliphatic rings. The minimum atomic E-state index is -0.183. The third-order valence-electron chi connectivity index (χ3n) is 5.70. The lowest BCUT2D eigenvalue weighted by Gasteiger charge is -2.14. The summed E-state index contributed by atoms with van der Waals surface area (Å²) in [4.78, 5) is 25.5. The number of para-hydroxylation sites is 1. The second-order valence-electron chi connectivity index (χ2n) is 8.60. The van der Waals surface area contributed by atoms with Crippen LogP contribution in [0.15, 0.2) is 84.0 Å². The SMILES string of the molecule is Cc1ccc(NC(=O)Cc2nnc(SCC(=O)N[C@@H](C)c3ccccc3)n2-c2ccccc2)c(C)c1. The van der Waals surface area contributed by atoms with Crippen LogP contribution >= 0.6 is 11.8 Å². The van der Waals surface area contributed by atoms with Gasteiger partial charge in [-0.25, -0.2) is 0 Å². The fraction of sp³-hybridized carbons (Fsp3) is 0.214. The summed E-state index contributed by atoms with van der Waals surface area (Å²) in [5, 5.41) is 15.1. The van der Waals surface area contributed by atoms with Crippen molar-refractivity contribution < 1.29 is 9.59 Å². The van der Waals surface area contributed by atoms with Crippen molar-refractivity contribution in [2.75, 3.05) is 11.1 Å². The molecular formula is C28H29N5O2S. The number of benzene rings is 3. The van der Waals surface area contributed by atoms with E-state index in [0.29, 0.717) is 11.0 Å². The molecule has 7 nitrogen and oxygen atoms in total. The Morgan fingerprint density at radius 2 is 1.61 bits per heavy atom. The number of hydrogen-bond donors (Lipinski definition) is 2. The van der Waals surface area contributed by atoms with Crippen molar-refractivity contribution in [3.8, 4) is 5.69 Å². The van der Waals surface area contributed by atoms with E-state index in [-0.39, 0.29) is 30.0 Å². The Balaban J connectivity index is 1.47. The molecule has 0 saturated carbocycles. The van der Waals surface area contributed by atoms with Crippen LogP contribution in [0.2, 0.25) is 0 Å². The summed E-state index contributed by atoms with van der Waals surface area (Å²) in [6.45, 7) is 5.94. The second kappa shape index (κ2) is 11.7. The van der Waals surface area contributed by atoms with Crippen LogP contribution in [0.4, 0.5) is 5.69 Å².